The topological polar surface area (TPSA) is 73.1 Å². The van der Waals surface area contributed by atoms with Crippen LogP contribution >= 0.6 is 11.3 Å². The van der Waals surface area contributed by atoms with Gasteiger partial charge in [0, 0.05) is 24.7 Å². The fraction of sp³-hybridized carbons (Fsp3) is 0.182. The number of carbonyl (C=O) groups excluding carboxylic acids is 1. The lowest BCUT2D eigenvalue weighted by molar-refractivity contribution is 0.0677. The summed E-state index contributed by atoms with van der Waals surface area (Å²) in [5, 5.41) is 10.6. The molecule has 0 atom stereocenters. The van der Waals surface area contributed by atoms with E-state index in [1.165, 1.54) is 0 Å². The molecule has 4 rings (SSSR count). The lowest BCUT2D eigenvalue weighted by Gasteiger charge is -2.21. The Morgan fingerprint density at radius 1 is 1.10 bits per heavy atom. The van der Waals surface area contributed by atoms with E-state index in [1.54, 1.807) is 34.2 Å². The zero-order chi connectivity index (χ0) is 20.8. The number of thiophene rings is 1. The van der Waals surface area contributed by atoms with Crippen LogP contribution in [0.4, 0.5) is 0 Å². The van der Waals surface area contributed by atoms with E-state index in [0.29, 0.717) is 31.1 Å². The third-order valence-electron chi connectivity index (χ3n) is 4.56. The van der Waals surface area contributed by atoms with Crippen molar-refractivity contribution < 1.29 is 9.53 Å². The molecule has 0 fully saturated rings. The standard InChI is InChI=1S/C22H21N5O2S/c1-29-14-13-26(16-18-10-7-15-30-18)22(28)20-21(19-11-5-6-12-23-19)27(25-24-20)17-8-3-2-4-9-17/h2-12,15H,13-14,16H2,1H3. The second kappa shape index (κ2) is 9.43. The highest BCUT2D eigenvalue weighted by atomic mass is 32.1. The van der Waals surface area contributed by atoms with E-state index in [1.807, 2.05) is 66.0 Å². The average molecular weight is 420 g/mol. The zero-order valence-electron chi connectivity index (χ0n) is 16.5. The van der Waals surface area contributed by atoms with E-state index < -0.39 is 0 Å². The molecule has 0 saturated carbocycles. The fourth-order valence-corrected chi connectivity index (χ4v) is 3.82. The predicted molar refractivity (Wildman–Crippen MR) is 116 cm³/mol. The second-order valence-electron chi connectivity index (χ2n) is 6.55. The van der Waals surface area contributed by atoms with Gasteiger partial charge in [-0.05, 0) is 35.7 Å². The van der Waals surface area contributed by atoms with Gasteiger partial charge in [-0.2, -0.15) is 0 Å². The largest absolute Gasteiger partial charge is 0.383 e. The van der Waals surface area contributed by atoms with Gasteiger partial charge < -0.3 is 9.64 Å². The number of aromatic nitrogens is 4. The maximum absolute atomic E-state index is 13.5. The summed E-state index contributed by atoms with van der Waals surface area (Å²) in [6, 6.07) is 19.2. The number of rotatable bonds is 8. The highest BCUT2D eigenvalue weighted by molar-refractivity contribution is 7.09. The van der Waals surface area contributed by atoms with Crippen molar-refractivity contribution in [3.63, 3.8) is 0 Å². The van der Waals surface area contributed by atoms with Gasteiger partial charge in [0.2, 0.25) is 0 Å². The summed E-state index contributed by atoms with van der Waals surface area (Å²) < 4.78 is 6.88. The average Bonchev–Trinajstić information content (AvgIpc) is 3.47. The molecule has 3 aromatic heterocycles. The van der Waals surface area contributed by atoms with Crippen molar-refractivity contribution in [2.24, 2.45) is 0 Å². The van der Waals surface area contributed by atoms with Crippen LogP contribution in [-0.2, 0) is 11.3 Å². The van der Waals surface area contributed by atoms with E-state index in [0.717, 1.165) is 10.6 Å². The Kier molecular flexibility index (Phi) is 6.26. The molecule has 0 spiro atoms. The van der Waals surface area contributed by atoms with Crippen LogP contribution in [-0.4, -0.2) is 51.0 Å². The Hall–Kier alpha value is -3.36. The molecule has 1 aromatic carbocycles. The maximum atomic E-state index is 13.5. The molecule has 0 aliphatic heterocycles. The van der Waals surface area contributed by atoms with Gasteiger partial charge in [0.1, 0.15) is 5.69 Å². The van der Waals surface area contributed by atoms with Crippen LogP contribution in [0, 0.1) is 0 Å². The van der Waals surface area contributed by atoms with Crippen molar-refractivity contribution in [3.05, 3.63) is 82.8 Å². The molecule has 7 nitrogen and oxygen atoms in total. The number of para-hydroxylation sites is 1. The monoisotopic (exact) mass is 419 g/mol. The number of methoxy groups -OCH3 is 1. The summed E-state index contributed by atoms with van der Waals surface area (Å²) >= 11 is 1.61. The van der Waals surface area contributed by atoms with Crippen LogP contribution < -0.4 is 0 Å². The molecular weight excluding hydrogens is 398 g/mol. The molecule has 0 N–H and O–H groups in total. The van der Waals surface area contributed by atoms with Gasteiger partial charge in [0.15, 0.2) is 5.69 Å². The second-order valence-corrected chi connectivity index (χ2v) is 7.58. The van der Waals surface area contributed by atoms with Gasteiger partial charge in [-0.15, -0.1) is 16.4 Å². The fourth-order valence-electron chi connectivity index (χ4n) is 3.10. The number of amides is 1. The highest BCUT2D eigenvalue weighted by Gasteiger charge is 2.27. The van der Waals surface area contributed by atoms with Crippen LogP contribution in [0.3, 0.4) is 0 Å². The van der Waals surface area contributed by atoms with Gasteiger partial charge >= 0.3 is 0 Å². The van der Waals surface area contributed by atoms with Crippen LogP contribution in [0.5, 0.6) is 0 Å². The predicted octanol–water partition coefficient (Wildman–Crippen LogP) is 3.68. The number of carbonyl (C=O) groups is 1. The van der Waals surface area contributed by atoms with E-state index in [4.69, 9.17) is 4.74 Å². The number of pyridine rings is 1. The van der Waals surface area contributed by atoms with Gasteiger partial charge in [0.25, 0.3) is 5.91 Å². The van der Waals surface area contributed by atoms with Crippen molar-refractivity contribution >= 4 is 17.2 Å². The SMILES string of the molecule is COCCN(Cc1cccs1)C(=O)c1nnn(-c2ccccc2)c1-c1ccccn1. The summed E-state index contributed by atoms with van der Waals surface area (Å²) in [5.41, 5.74) is 2.29. The van der Waals surface area contributed by atoms with Crippen LogP contribution in [0.1, 0.15) is 15.4 Å². The summed E-state index contributed by atoms with van der Waals surface area (Å²) in [7, 11) is 1.62. The van der Waals surface area contributed by atoms with E-state index in [2.05, 4.69) is 15.3 Å². The minimum atomic E-state index is -0.205. The molecule has 1 amide bonds. The van der Waals surface area contributed by atoms with Gasteiger partial charge in [-0.1, -0.05) is 35.5 Å². The first-order valence-electron chi connectivity index (χ1n) is 9.51. The van der Waals surface area contributed by atoms with Crippen molar-refractivity contribution in [3.8, 4) is 17.1 Å². The van der Waals surface area contributed by atoms with Crippen molar-refractivity contribution in [1.82, 2.24) is 24.9 Å². The Labute approximate surface area is 178 Å². The molecule has 30 heavy (non-hydrogen) atoms. The smallest absolute Gasteiger partial charge is 0.277 e. The molecule has 0 saturated heterocycles. The molecule has 0 radical (unpaired) electrons. The van der Waals surface area contributed by atoms with Gasteiger partial charge in [-0.3, -0.25) is 9.78 Å². The molecule has 3 heterocycles. The summed E-state index contributed by atoms with van der Waals surface area (Å²) in [5.74, 6) is -0.205. The van der Waals surface area contributed by atoms with Crippen LogP contribution in [0.25, 0.3) is 17.1 Å². The third-order valence-corrected chi connectivity index (χ3v) is 5.42. The summed E-state index contributed by atoms with van der Waals surface area (Å²) in [6.07, 6.45) is 1.69. The Bertz CT molecular complexity index is 1080. The molecule has 152 valence electrons. The molecule has 4 aromatic rings. The molecular formula is C22H21N5O2S. The molecule has 0 unspecified atom stereocenters. The maximum Gasteiger partial charge on any atom is 0.277 e. The van der Waals surface area contributed by atoms with Crippen LogP contribution in [0.2, 0.25) is 0 Å². The molecule has 8 heteroatoms. The third kappa shape index (κ3) is 4.29. The summed E-state index contributed by atoms with van der Waals surface area (Å²) in [6.45, 7) is 1.37. The lowest BCUT2D eigenvalue weighted by Crippen LogP contribution is -2.34. The Balaban J connectivity index is 1.76. The van der Waals surface area contributed by atoms with Crippen molar-refractivity contribution in [2.75, 3.05) is 20.3 Å². The number of nitrogens with zero attached hydrogens (tertiary/aromatic N) is 5. The van der Waals surface area contributed by atoms with Crippen molar-refractivity contribution in [1.29, 1.82) is 0 Å². The first-order chi connectivity index (χ1) is 14.8. The number of benzene rings is 1. The first kappa shape index (κ1) is 19.9. The normalized spacial score (nSPS) is 10.8. The number of hydrogen-bond donors (Lipinski definition) is 0. The first-order valence-corrected chi connectivity index (χ1v) is 10.4. The Morgan fingerprint density at radius 3 is 2.63 bits per heavy atom. The molecule has 0 aliphatic carbocycles. The minimum Gasteiger partial charge on any atom is -0.383 e. The van der Waals surface area contributed by atoms with Crippen molar-refractivity contribution in [2.45, 2.75) is 6.54 Å². The number of hydrogen-bond acceptors (Lipinski definition) is 6. The lowest BCUT2D eigenvalue weighted by atomic mass is 10.2. The number of ether oxygens (including phenoxy) is 1. The molecule has 0 aliphatic rings. The minimum absolute atomic E-state index is 0.205. The van der Waals surface area contributed by atoms with Gasteiger partial charge in [-0.25, -0.2) is 4.68 Å². The van der Waals surface area contributed by atoms with Crippen LogP contribution in [0.15, 0.2) is 72.2 Å². The van der Waals surface area contributed by atoms with Gasteiger partial charge in [0.05, 0.1) is 24.5 Å². The zero-order valence-corrected chi connectivity index (χ0v) is 17.3. The van der Waals surface area contributed by atoms with E-state index in [-0.39, 0.29) is 11.6 Å². The highest BCUT2D eigenvalue weighted by Crippen LogP contribution is 2.25. The van der Waals surface area contributed by atoms with E-state index in [9.17, 15) is 4.79 Å². The van der Waals surface area contributed by atoms with E-state index >= 15 is 0 Å². The molecule has 0 bridgehead atoms. The quantitative estimate of drug-likeness (QED) is 0.436. The Morgan fingerprint density at radius 2 is 1.93 bits per heavy atom. The summed E-state index contributed by atoms with van der Waals surface area (Å²) in [4.78, 5) is 20.8.